The number of fused-ring (bicyclic) bond motifs is 1. The van der Waals surface area contributed by atoms with Crippen LogP contribution in [-0.4, -0.2) is 53.4 Å². The lowest BCUT2D eigenvalue weighted by molar-refractivity contribution is -0.0430. The number of anilines is 1. The highest BCUT2D eigenvalue weighted by Crippen LogP contribution is 2.36. The molecule has 9 heteroatoms. The van der Waals surface area contributed by atoms with Crippen molar-refractivity contribution in [2.45, 2.75) is 23.3 Å². The van der Waals surface area contributed by atoms with Gasteiger partial charge in [0.2, 0.25) is 0 Å². The Hall–Kier alpha value is -1.29. The maximum absolute atomic E-state index is 9.93. The van der Waals surface area contributed by atoms with Gasteiger partial charge in [-0.05, 0) is 0 Å². The zero-order chi connectivity index (χ0) is 13.6. The molecular weight excluding hydrogens is 318 g/mol. The van der Waals surface area contributed by atoms with E-state index >= 15 is 0 Å². The van der Waals surface area contributed by atoms with Crippen molar-refractivity contribution >= 4 is 32.9 Å². The molecule has 0 aliphatic carbocycles. The largest absolute Gasteiger partial charge is 0.394 e. The maximum atomic E-state index is 9.93. The van der Waals surface area contributed by atoms with Crippen LogP contribution in [-0.2, 0) is 4.74 Å². The number of nitrogens with two attached hydrogens (primary N) is 1. The lowest BCUT2D eigenvalue weighted by Crippen LogP contribution is -2.29. The lowest BCUT2D eigenvalue weighted by Gasteiger charge is -2.16. The Balaban J connectivity index is 2.04. The SMILES string of the molecule is Nc1ncnc2c1ncn2[C@@H]1O[C@H](CO)[C@@H](O)C1Br. The van der Waals surface area contributed by atoms with Crippen LogP contribution in [0.15, 0.2) is 12.7 Å². The summed E-state index contributed by atoms with van der Waals surface area (Å²) in [5.41, 5.74) is 6.72. The van der Waals surface area contributed by atoms with Crippen molar-refractivity contribution in [1.82, 2.24) is 19.5 Å². The first-order chi connectivity index (χ1) is 9.13. The van der Waals surface area contributed by atoms with E-state index < -0.39 is 18.4 Å². The van der Waals surface area contributed by atoms with Gasteiger partial charge in [-0.25, -0.2) is 15.0 Å². The molecule has 1 aliphatic heterocycles. The van der Waals surface area contributed by atoms with E-state index in [4.69, 9.17) is 15.6 Å². The summed E-state index contributed by atoms with van der Waals surface area (Å²) < 4.78 is 7.26. The lowest BCUT2D eigenvalue weighted by atomic mass is 10.2. The van der Waals surface area contributed by atoms with E-state index in [0.717, 1.165) is 0 Å². The van der Waals surface area contributed by atoms with Crippen LogP contribution >= 0.6 is 15.9 Å². The third kappa shape index (κ3) is 1.89. The molecule has 0 bridgehead atoms. The third-order valence-electron chi connectivity index (χ3n) is 3.13. The Morgan fingerprint density at radius 3 is 2.89 bits per heavy atom. The Morgan fingerprint density at radius 2 is 2.21 bits per heavy atom. The number of aromatic nitrogens is 4. The van der Waals surface area contributed by atoms with Gasteiger partial charge in [0, 0.05) is 0 Å². The van der Waals surface area contributed by atoms with Crippen LogP contribution in [0.5, 0.6) is 0 Å². The smallest absolute Gasteiger partial charge is 0.167 e. The van der Waals surface area contributed by atoms with Crippen molar-refractivity contribution in [3.63, 3.8) is 0 Å². The van der Waals surface area contributed by atoms with Crippen LogP contribution in [0.2, 0.25) is 0 Å². The van der Waals surface area contributed by atoms with E-state index in [9.17, 15) is 5.11 Å². The zero-order valence-corrected chi connectivity index (χ0v) is 11.3. The fraction of sp³-hybridized carbons (Fsp3) is 0.500. The van der Waals surface area contributed by atoms with E-state index in [-0.39, 0.29) is 17.3 Å². The normalized spacial score (nSPS) is 31.1. The fourth-order valence-electron chi connectivity index (χ4n) is 2.13. The average Bonchev–Trinajstić information content (AvgIpc) is 2.94. The van der Waals surface area contributed by atoms with Gasteiger partial charge in [0.1, 0.15) is 17.9 Å². The predicted molar refractivity (Wildman–Crippen MR) is 69.5 cm³/mol. The number of halogens is 1. The summed E-state index contributed by atoms with van der Waals surface area (Å²) in [6.45, 7) is -0.260. The van der Waals surface area contributed by atoms with Crippen LogP contribution < -0.4 is 5.73 Å². The van der Waals surface area contributed by atoms with Crippen LogP contribution in [0.1, 0.15) is 6.23 Å². The quantitative estimate of drug-likeness (QED) is 0.630. The highest BCUT2D eigenvalue weighted by atomic mass is 79.9. The molecule has 3 rings (SSSR count). The molecule has 4 atom stereocenters. The van der Waals surface area contributed by atoms with Crippen LogP contribution in [0.4, 0.5) is 5.82 Å². The molecule has 19 heavy (non-hydrogen) atoms. The number of imidazole rings is 1. The molecule has 3 heterocycles. The second kappa shape index (κ2) is 4.67. The van der Waals surface area contributed by atoms with Crippen LogP contribution in [0.25, 0.3) is 11.2 Å². The van der Waals surface area contributed by atoms with Gasteiger partial charge in [0.15, 0.2) is 17.7 Å². The first-order valence-electron chi connectivity index (χ1n) is 5.65. The monoisotopic (exact) mass is 329 g/mol. The minimum Gasteiger partial charge on any atom is -0.394 e. The van der Waals surface area contributed by atoms with Crippen molar-refractivity contribution in [1.29, 1.82) is 0 Å². The number of hydrogen-bond acceptors (Lipinski definition) is 7. The average molecular weight is 330 g/mol. The van der Waals surface area contributed by atoms with Gasteiger partial charge in [0.25, 0.3) is 0 Å². The Labute approximate surface area is 116 Å². The van der Waals surface area contributed by atoms with Crippen molar-refractivity contribution in [2.24, 2.45) is 0 Å². The number of aliphatic hydroxyl groups excluding tert-OH is 2. The fourth-order valence-corrected chi connectivity index (χ4v) is 2.85. The number of nitrogens with zero attached hydrogens (tertiary/aromatic N) is 4. The predicted octanol–water partition coefficient (Wildman–Crippen LogP) is -0.577. The first-order valence-corrected chi connectivity index (χ1v) is 6.56. The van der Waals surface area contributed by atoms with Crippen molar-refractivity contribution < 1.29 is 14.9 Å². The highest BCUT2D eigenvalue weighted by Gasteiger charge is 2.43. The Morgan fingerprint density at radius 1 is 1.42 bits per heavy atom. The second-order valence-corrected chi connectivity index (χ2v) is 5.32. The minimum absolute atomic E-state index is 0.260. The summed E-state index contributed by atoms with van der Waals surface area (Å²) in [6, 6.07) is 0. The topological polar surface area (TPSA) is 119 Å². The van der Waals surface area contributed by atoms with Gasteiger partial charge in [-0.1, -0.05) is 15.9 Å². The summed E-state index contributed by atoms with van der Waals surface area (Å²) in [6.07, 6.45) is 0.888. The molecule has 1 saturated heterocycles. The molecule has 2 aromatic rings. The molecule has 1 unspecified atom stereocenters. The molecule has 0 spiro atoms. The summed E-state index contributed by atoms with van der Waals surface area (Å²) in [4.78, 5) is 11.7. The number of alkyl halides is 1. The second-order valence-electron chi connectivity index (χ2n) is 4.27. The minimum atomic E-state index is -0.813. The summed E-state index contributed by atoms with van der Waals surface area (Å²) >= 11 is 3.37. The molecule has 0 aromatic carbocycles. The van der Waals surface area contributed by atoms with Gasteiger partial charge < -0.3 is 20.7 Å². The Kier molecular flexibility index (Phi) is 3.13. The van der Waals surface area contributed by atoms with Crippen LogP contribution in [0.3, 0.4) is 0 Å². The van der Waals surface area contributed by atoms with Crippen molar-refractivity contribution in [2.75, 3.05) is 12.3 Å². The third-order valence-corrected chi connectivity index (χ3v) is 4.13. The zero-order valence-electron chi connectivity index (χ0n) is 9.72. The number of hydrogen-bond donors (Lipinski definition) is 3. The molecule has 8 nitrogen and oxygen atoms in total. The van der Waals surface area contributed by atoms with Gasteiger partial charge in [-0.15, -0.1) is 0 Å². The molecule has 0 radical (unpaired) electrons. The summed E-state index contributed by atoms with van der Waals surface area (Å²) in [5.74, 6) is 0.284. The Bertz CT molecular complexity index is 606. The van der Waals surface area contributed by atoms with E-state index in [1.165, 1.54) is 12.7 Å². The van der Waals surface area contributed by atoms with E-state index in [1.54, 1.807) is 4.57 Å². The summed E-state index contributed by atoms with van der Waals surface area (Å²) in [5, 5.41) is 19.1. The van der Waals surface area contributed by atoms with E-state index in [1.807, 2.05) is 0 Å². The van der Waals surface area contributed by atoms with Gasteiger partial charge >= 0.3 is 0 Å². The highest BCUT2D eigenvalue weighted by molar-refractivity contribution is 9.09. The molecule has 1 fully saturated rings. The van der Waals surface area contributed by atoms with Gasteiger partial charge in [-0.3, -0.25) is 4.57 Å². The first kappa shape index (κ1) is 12.7. The molecule has 1 aliphatic rings. The number of ether oxygens (including phenoxy) is 1. The number of aliphatic hydroxyl groups is 2. The molecule has 0 amide bonds. The number of rotatable bonds is 2. The van der Waals surface area contributed by atoms with Gasteiger partial charge in [-0.2, -0.15) is 0 Å². The standard InChI is InChI=1S/C10H12BrN5O3/c11-5-7(18)4(1-17)19-10(5)16-3-15-6-8(12)13-2-14-9(6)16/h2-5,7,10,17-18H,1H2,(H2,12,13,14)/t4-,5?,7-,10-/m1/s1. The van der Waals surface area contributed by atoms with Gasteiger partial charge in [0.05, 0.1) is 23.9 Å². The maximum Gasteiger partial charge on any atom is 0.167 e. The number of nitrogen functional groups attached to an aromatic ring is 1. The molecule has 102 valence electrons. The van der Waals surface area contributed by atoms with E-state index in [0.29, 0.717) is 11.2 Å². The summed E-state index contributed by atoms with van der Waals surface area (Å²) in [7, 11) is 0. The molecule has 0 saturated carbocycles. The molecule has 4 N–H and O–H groups in total. The van der Waals surface area contributed by atoms with E-state index in [2.05, 4.69) is 30.9 Å². The van der Waals surface area contributed by atoms with Crippen LogP contribution in [0, 0.1) is 0 Å². The molecule has 2 aromatic heterocycles. The van der Waals surface area contributed by atoms with Crippen molar-refractivity contribution in [3.05, 3.63) is 12.7 Å². The molecular formula is C10H12BrN5O3. The van der Waals surface area contributed by atoms with Crippen molar-refractivity contribution in [3.8, 4) is 0 Å².